The Kier molecular flexibility index (Phi) is 3.55. The van der Waals surface area contributed by atoms with Gasteiger partial charge in [0.1, 0.15) is 4.90 Å². The third-order valence-electron chi connectivity index (χ3n) is 3.23. The van der Waals surface area contributed by atoms with Gasteiger partial charge >= 0.3 is 0 Å². The number of rotatable bonds is 4. The van der Waals surface area contributed by atoms with Gasteiger partial charge in [-0.3, -0.25) is 0 Å². The van der Waals surface area contributed by atoms with Crippen molar-refractivity contribution in [1.29, 1.82) is 0 Å². The van der Waals surface area contributed by atoms with E-state index in [1.54, 1.807) is 0 Å². The highest BCUT2D eigenvalue weighted by Crippen LogP contribution is 2.34. The second kappa shape index (κ2) is 4.70. The number of aliphatic hydroxyl groups is 1. The SMILES string of the molecule is Nc1ccc(Cl)cc1S(=O)(=O)NC1(CO)CCC1. The number of sulfonamides is 1. The number of halogens is 1. The van der Waals surface area contributed by atoms with Crippen molar-refractivity contribution in [2.75, 3.05) is 12.3 Å². The first kappa shape index (κ1) is 13.6. The lowest BCUT2D eigenvalue weighted by atomic mass is 9.78. The van der Waals surface area contributed by atoms with E-state index in [4.69, 9.17) is 17.3 Å². The van der Waals surface area contributed by atoms with Gasteiger partial charge < -0.3 is 10.8 Å². The molecule has 1 aromatic carbocycles. The molecule has 100 valence electrons. The molecule has 0 amide bonds. The summed E-state index contributed by atoms with van der Waals surface area (Å²) in [6.07, 6.45) is 2.15. The van der Waals surface area contributed by atoms with E-state index in [1.807, 2.05) is 0 Å². The Morgan fingerprint density at radius 2 is 2.11 bits per heavy atom. The van der Waals surface area contributed by atoms with E-state index in [0.717, 1.165) is 6.42 Å². The molecule has 0 heterocycles. The zero-order valence-corrected chi connectivity index (χ0v) is 11.3. The Balaban J connectivity index is 2.33. The predicted octanol–water partition coefficient (Wildman–Crippen LogP) is 1.12. The molecule has 18 heavy (non-hydrogen) atoms. The molecule has 5 nitrogen and oxygen atoms in total. The molecular formula is C11H15ClN2O3S. The summed E-state index contributed by atoms with van der Waals surface area (Å²) in [5, 5.41) is 9.59. The molecule has 1 saturated carbocycles. The Labute approximate surface area is 111 Å². The highest BCUT2D eigenvalue weighted by molar-refractivity contribution is 7.89. The minimum absolute atomic E-state index is 0.0466. The van der Waals surface area contributed by atoms with E-state index in [0.29, 0.717) is 17.9 Å². The average Bonchev–Trinajstić information content (AvgIpc) is 2.27. The smallest absolute Gasteiger partial charge is 0.243 e. The molecule has 7 heteroatoms. The Hall–Kier alpha value is -0.820. The van der Waals surface area contributed by atoms with Gasteiger partial charge in [0.25, 0.3) is 0 Å². The Morgan fingerprint density at radius 3 is 2.61 bits per heavy atom. The Morgan fingerprint density at radius 1 is 1.44 bits per heavy atom. The molecule has 0 aromatic heterocycles. The fourth-order valence-electron chi connectivity index (χ4n) is 1.98. The van der Waals surface area contributed by atoms with Crippen molar-refractivity contribution in [3.05, 3.63) is 23.2 Å². The van der Waals surface area contributed by atoms with Crippen LogP contribution in [0.4, 0.5) is 5.69 Å². The largest absolute Gasteiger partial charge is 0.398 e. The molecule has 0 bridgehead atoms. The van der Waals surface area contributed by atoms with Crippen LogP contribution in [-0.4, -0.2) is 25.7 Å². The molecule has 0 saturated heterocycles. The van der Waals surface area contributed by atoms with Crippen molar-refractivity contribution in [3.8, 4) is 0 Å². The third kappa shape index (κ3) is 2.47. The maximum atomic E-state index is 12.2. The molecular weight excluding hydrogens is 276 g/mol. The van der Waals surface area contributed by atoms with Gasteiger partial charge in [0.05, 0.1) is 17.8 Å². The first-order valence-corrected chi connectivity index (χ1v) is 7.45. The topological polar surface area (TPSA) is 92.4 Å². The van der Waals surface area contributed by atoms with E-state index in [1.165, 1.54) is 18.2 Å². The average molecular weight is 291 g/mol. The number of benzene rings is 1. The van der Waals surface area contributed by atoms with Gasteiger partial charge in [-0.05, 0) is 37.5 Å². The fourth-order valence-corrected chi connectivity index (χ4v) is 3.82. The molecule has 1 aliphatic rings. The van der Waals surface area contributed by atoms with Crippen LogP contribution in [0.25, 0.3) is 0 Å². The Bertz CT molecular complexity index is 550. The van der Waals surface area contributed by atoms with Crippen molar-refractivity contribution in [3.63, 3.8) is 0 Å². The summed E-state index contributed by atoms with van der Waals surface area (Å²) >= 11 is 5.78. The van der Waals surface area contributed by atoms with Crippen molar-refractivity contribution in [2.45, 2.75) is 29.7 Å². The van der Waals surface area contributed by atoms with Crippen LogP contribution in [0.5, 0.6) is 0 Å². The quantitative estimate of drug-likeness (QED) is 0.725. The summed E-state index contributed by atoms with van der Waals surface area (Å²) in [7, 11) is -3.76. The summed E-state index contributed by atoms with van der Waals surface area (Å²) in [5.74, 6) is 0. The van der Waals surface area contributed by atoms with Crippen LogP contribution >= 0.6 is 11.6 Å². The number of hydrogen-bond acceptors (Lipinski definition) is 4. The summed E-state index contributed by atoms with van der Waals surface area (Å²) in [6.45, 7) is -0.216. The number of hydrogen-bond donors (Lipinski definition) is 3. The minimum atomic E-state index is -3.76. The molecule has 1 fully saturated rings. The minimum Gasteiger partial charge on any atom is -0.398 e. The third-order valence-corrected chi connectivity index (χ3v) is 5.10. The van der Waals surface area contributed by atoms with E-state index >= 15 is 0 Å². The van der Waals surface area contributed by atoms with Crippen molar-refractivity contribution >= 4 is 27.3 Å². The summed E-state index contributed by atoms with van der Waals surface area (Å²) in [5.41, 5.74) is 5.05. The molecule has 0 unspecified atom stereocenters. The zero-order chi connectivity index (χ0) is 13.4. The number of aliphatic hydroxyl groups excluding tert-OH is 1. The highest BCUT2D eigenvalue weighted by atomic mass is 35.5. The zero-order valence-electron chi connectivity index (χ0n) is 9.69. The summed E-state index contributed by atoms with van der Waals surface area (Å²) < 4.78 is 26.9. The fraction of sp³-hybridized carbons (Fsp3) is 0.455. The lowest BCUT2D eigenvalue weighted by Crippen LogP contribution is -2.56. The number of nitrogens with two attached hydrogens (primary N) is 1. The van der Waals surface area contributed by atoms with Gasteiger partial charge in [-0.2, -0.15) is 0 Å². The number of anilines is 1. The van der Waals surface area contributed by atoms with E-state index in [2.05, 4.69) is 4.72 Å². The molecule has 2 rings (SSSR count). The van der Waals surface area contributed by atoms with Crippen LogP contribution < -0.4 is 10.5 Å². The second-order valence-corrected chi connectivity index (χ2v) is 6.67. The monoisotopic (exact) mass is 290 g/mol. The van der Waals surface area contributed by atoms with E-state index in [-0.39, 0.29) is 17.2 Å². The highest BCUT2D eigenvalue weighted by Gasteiger charge is 2.40. The molecule has 0 radical (unpaired) electrons. The van der Waals surface area contributed by atoms with Gasteiger partial charge in [0.2, 0.25) is 10.0 Å². The predicted molar refractivity (Wildman–Crippen MR) is 69.9 cm³/mol. The van der Waals surface area contributed by atoms with Gasteiger partial charge in [-0.1, -0.05) is 11.6 Å². The van der Waals surface area contributed by atoms with Crippen LogP contribution in [0.2, 0.25) is 5.02 Å². The van der Waals surface area contributed by atoms with E-state index in [9.17, 15) is 13.5 Å². The number of nitrogens with one attached hydrogen (secondary N) is 1. The second-order valence-electron chi connectivity index (χ2n) is 4.58. The lowest BCUT2D eigenvalue weighted by molar-refractivity contribution is 0.110. The van der Waals surface area contributed by atoms with Crippen LogP contribution in [0.3, 0.4) is 0 Å². The van der Waals surface area contributed by atoms with Gasteiger partial charge in [0, 0.05) is 5.02 Å². The summed E-state index contributed by atoms with van der Waals surface area (Å²) in [4.78, 5) is -0.0466. The molecule has 0 aliphatic heterocycles. The van der Waals surface area contributed by atoms with Crippen LogP contribution in [0.15, 0.2) is 23.1 Å². The first-order valence-electron chi connectivity index (χ1n) is 5.58. The first-order chi connectivity index (χ1) is 8.38. The molecule has 4 N–H and O–H groups in total. The molecule has 1 aromatic rings. The number of nitrogen functional groups attached to an aromatic ring is 1. The van der Waals surface area contributed by atoms with Crippen LogP contribution in [0, 0.1) is 0 Å². The van der Waals surface area contributed by atoms with Crippen molar-refractivity contribution in [2.24, 2.45) is 0 Å². The van der Waals surface area contributed by atoms with Gasteiger partial charge in [-0.15, -0.1) is 0 Å². The maximum absolute atomic E-state index is 12.2. The van der Waals surface area contributed by atoms with Crippen LogP contribution in [0.1, 0.15) is 19.3 Å². The molecule has 0 atom stereocenters. The summed E-state index contributed by atoms with van der Waals surface area (Å²) in [6, 6.07) is 4.29. The van der Waals surface area contributed by atoms with E-state index < -0.39 is 15.6 Å². The maximum Gasteiger partial charge on any atom is 0.243 e. The van der Waals surface area contributed by atoms with Crippen LogP contribution in [-0.2, 0) is 10.0 Å². The lowest BCUT2D eigenvalue weighted by Gasteiger charge is -2.40. The molecule has 1 aliphatic carbocycles. The normalized spacial score (nSPS) is 18.3. The van der Waals surface area contributed by atoms with Crippen molar-refractivity contribution < 1.29 is 13.5 Å². The molecule has 0 spiro atoms. The van der Waals surface area contributed by atoms with Gasteiger partial charge in [-0.25, -0.2) is 13.1 Å². The van der Waals surface area contributed by atoms with Crippen molar-refractivity contribution in [1.82, 2.24) is 4.72 Å². The standard InChI is InChI=1S/C11H15ClN2O3S/c12-8-2-3-9(13)10(6-8)18(16,17)14-11(7-15)4-1-5-11/h2-3,6,14-15H,1,4-5,7,13H2. The van der Waals surface area contributed by atoms with Gasteiger partial charge in [0.15, 0.2) is 0 Å².